The fourth-order valence-electron chi connectivity index (χ4n) is 2.00. The van der Waals surface area contributed by atoms with Gasteiger partial charge in [0.2, 0.25) is 5.91 Å². The maximum atomic E-state index is 12.0. The van der Waals surface area contributed by atoms with Gasteiger partial charge in [-0.2, -0.15) is 0 Å². The van der Waals surface area contributed by atoms with Gasteiger partial charge in [0.25, 0.3) is 0 Å². The highest BCUT2D eigenvalue weighted by Gasteiger charge is 2.13. The first kappa shape index (κ1) is 18.7. The van der Waals surface area contributed by atoms with Crippen molar-refractivity contribution < 1.29 is 9.53 Å². The predicted octanol–water partition coefficient (Wildman–Crippen LogP) is 3.54. The van der Waals surface area contributed by atoms with Crippen LogP contribution >= 0.6 is 34.7 Å². The molecule has 0 radical (unpaired) electrons. The molecule has 1 aromatic carbocycles. The summed E-state index contributed by atoms with van der Waals surface area (Å²) in [5, 5.41) is 14.6. The van der Waals surface area contributed by atoms with E-state index in [2.05, 4.69) is 20.5 Å². The van der Waals surface area contributed by atoms with Crippen molar-refractivity contribution in [2.24, 2.45) is 7.05 Å². The first-order chi connectivity index (χ1) is 12.5. The third kappa shape index (κ3) is 4.75. The normalized spacial score (nSPS) is 10.7. The number of carbonyl (C=O) groups excluding carboxylic acids is 1. The third-order valence-electron chi connectivity index (χ3n) is 3.32. The molecule has 3 aromatic rings. The molecule has 0 saturated heterocycles. The number of benzene rings is 1. The Labute approximate surface area is 163 Å². The van der Waals surface area contributed by atoms with Gasteiger partial charge in [-0.05, 0) is 19.1 Å². The number of amides is 1. The number of para-hydroxylation sites is 1. The van der Waals surface area contributed by atoms with E-state index in [4.69, 9.17) is 16.3 Å². The molecule has 26 heavy (non-hydrogen) atoms. The van der Waals surface area contributed by atoms with E-state index in [1.807, 2.05) is 31.5 Å². The lowest BCUT2D eigenvalue weighted by molar-refractivity contribution is -0.113. The van der Waals surface area contributed by atoms with Gasteiger partial charge in [0.05, 0.1) is 16.5 Å². The summed E-state index contributed by atoms with van der Waals surface area (Å²) < 4.78 is 7.47. The molecule has 1 amide bonds. The number of thioether (sulfide) groups is 1. The van der Waals surface area contributed by atoms with E-state index < -0.39 is 0 Å². The van der Waals surface area contributed by atoms with Crippen LogP contribution in [0.5, 0.6) is 5.75 Å². The van der Waals surface area contributed by atoms with E-state index in [0.717, 1.165) is 5.69 Å². The number of nitrogens with zero attached hydrogens (tertiary/aromatic N) is 4. The number of carbonyl (C=O) groups is 1. The molecular weight excluding hydrogens is 394 g/mol. The van der Waals surface area contributed by atoms with Crippen molar-refractivity contribution in [2.45, 2.75) is 18.7 Å². The molecule has 0 atom stereocenters. The molecule has 10 heteroatoms. The van der Waals surface area contributed by atoms with Crippen molar-refractivity contribution in [1.82, 2.24) is 19.7 Å². The van der Waals surface area contributed by atoms with Gasteiger partial charge in [0, 0.05) is 12.4 Å². The molecule has 2 aromatic heterocycles. The van der Waals surface area contributed by atoms with Gasteiger partial charge < -0.3 is 14.6 Å². The Bertz CT molecular complexity index is 912. The Hall–Kier alpha value is -2.10. The fourth-order valence-corrected chi connectivity index (χ4v) is 3.62. The van der Waals surface area contributed by atoms with Gasteiger partial charge in [-0.1, -0.05) is 35.5 Å². The third-order valence-corrected chi connectivity index (χ3v) is 5.52. The number of hydrogen-bond donors (Lipinski definition) is 1. The van der Waals surface area contributed by atoms with Gasteiger partial charge in [0.15, 0.2) is 16.1 Å². The van der Waals surface area contributed by atoms with Crippen LogP contribution in [0.3, 0.4) is 0 Å². The SMILES string of the molecule is Cc1csc(NC(=O)CSc2nnc(COc3ccccc3Cl)n2C)n1. The number of aryl methyl sites for hydroxylation is 1. The molecule has 0 aliphatic carbocycles. The number of hydrogen-bond acceptors (Lipinski definition) is 7. The maximum Gasteiger partial charge on any atom is 0.236 e. The number of halogens is 1. The van der Waals surface area contributed by atoms with Crippen molar-refractivity contribution in [1.29, 1.82) is 0 Å². The van der Waals surface area contributed by atoms with Crippen LogP contribution in [-0.4, -0.2) is 31.4 Å². The van der Waals surface area contributed by atoms with E-state index in [-0.39, 0.29) is 18.3 Å². The Morgan fingerprint density at radius 3 is 2.92 bits per heavy atom. The second kappa shape index (κ2) is 8.52. The van der Waals surface area contributed by atoms with Crippen molar-refractivity contribution >= 4 is 45.7 Å². The van der Waals surface area contributed by atoms with Crippen molar-refractivity contribution in [3.63, 3.8) is 0 Å². The highest BCUT2D eigenvalue weighted by atomic mass is 35.5. The second-order valence-corrected chi connectivity index (χ2v) is 7.52. The average molecular weight is 410 g/mol. The van der Waals surface area contributed by atoms with Crippen LogP contribution in [0.2, 0.25) is 5.02 Å². The molecule has 136 valence electrons. The molecule has 0 unspecified atom stereocenters. The Morgan fingerprint density at radius 2 is 2.19 bits per heavy atom. The zero-order chi connectivity index (χ0) is 18.5. The van der Waals surface area contributed by atoms with Crippen molar-refractivity contribution in [2.75, 3.05) is 11.1 Å². The molecule has 7 nitrogen and oxygen atoms in total. The number of anilines is 1. The molecule has 3 rings (SSSR count). The zero-order valence-electron chi connectivity index (χ0n) is 14.1. The van der Waals surface area contributed by atoms with E-state index in [1.54, 1.807) is 16.7 Å². The van der Waals surface area contributed by atoms with Crippen LogP contribution in [0.15, 0.2) is 34.8 Å². The number of aromatic nitrogens is 4. The molecule has 0 spiro atoms. The summed E-state index contributed by atoms with van der Waals surface area (Å²) in [6.07, 6.45) is 0. The number of ether oxygens (including phenoxy) is 1. The first-order valence-corrected chi connectivity index (χ1v) is 9.87. The lowest BCUT2D eigenvalue weighted by atomic mass is 10.3. The van der Waals surface area contributed by atoms with Crippen molar-refractivity contribution in [3.05, 3.63) is 46.2 Å². The minimum absolute atomic E-state index is 0.138. The lowest BCUT2D eigenvalue weighted by Crippen LogP contribution is -2.14. The Balaban J connectivity index is 1.53. The van der Waals surface area contributed by atoms with Gasteiger partial charge in [-0.15, -0.1) is 21.5 Å². The molecule has 0 aliphatic rings. The molecular formula is C16H16ClN5O2S2. The van der Waals surface area contributed by atoms with Crippen LogP contribution in [0.25, 0.3) is 0 Å². The number of thiazole rings is 1. The summed E-state index contributed by atoms with van der Waals surface area (Å²) >= 11 is 8.77. The van der Waals surface area contributed by atoms with Crippen LogP contribution in [0.1, 0.15) is 11.5 Å². The number of nitrogens with one attached hydrogen (secondary N) is 1. The van der Waals surface area contributed by atoms with Gasteiger partial charge in [-0.3, -0.25) is 4.79 Å². The predicted molar refractivity (Wildman–Crippen MR) is 103 cm³/mol. The van der Waals surface area contributed by atoms with Crippen molar-refractivity contribution in [3.8, 4) is 5.75 Å². The summed E-state index contributed by atoms with van der Waals surface area (Å²) in [5.74, 6) is 1.31. The van der Waals surface area contributed by atoms with E-state index >= 15 is 0 Å². The van der Waals surface area contributed by atoms with E-state index in [1.165, 1.54) is 23.1 Å². The second-order valence-electron chi connectivity index (χ2n) is 5.31. The Morgan fingerprint density at radius 1 is 1.38 bits per heavy atom. The fraction of sp³-hybridized carbons (Fsp3) is 0.250. The maximum absolute atomic E-state index is 12.0. The molecule has 0 bridgehead atoms. The molecule has 1 N–H and O–H groups in total. The monoisotopic (exact) mass is 409 g/mol. The molecule has 0 saturated carbocycles. The van der Waals surface area contributed by atoms with E-state index in [0.29, 0.717) is 26.9 Å². The molecule has 0 fully saturated rings. The molecule has 2 heterocycles. The zero-order valence-corrected chi connectivity index (χ0v) is 16.5. The summed E-state index contributed by atoms with van der Waals surface area (Å²) in [7, 11) is 1.83. The summed E-state index contributed by atoms with van der Waals surface area (Å²) in [6, 6.07) is 7.24. The van der Waals surface area contributed by atoms with Crippen LogP contribution in [0.4, 0.5) is 5.13 Å². The summed E-state index contributed by atoms with van der Waals surface area (Å²) in [6.45, 7) is 2.12. The van der Waals surface area contributed by atoms with Gasteiger partial charge >= 0.3 is 0 Å². The van der Waals surface area contributed by atoms with Gasteiger partial charge in [-0.25, -0.2) is 4.98 Å². The van der Waals surface area contributed by atoms with Gasteiger partial charge in [0.1, 0.15) is 12.4 Å². The highest BCUT2D eigenvalue weighted by molar-refractivity contribution is 7.99. The Kier molecular flexibility index (Phi) is 6.12. The van der Waals surface area contributed by atoms with Crippen LogP contribution in [-0.2, 0) is 18.4 Å². The quantitative estimate of drug-likeness (QED) is 0.601. The smallest absolute Gasteiger partial charge is 0.236 e. The minimum Gasteiger partial charge on any atom is -0.484 e. The van der Waals surface area contributed by atoms with Crippen LogP contribution < -0.4 is 10.1 Å². The average Bonchev–Trinajstić information content (AvgIpc) is 3.18. The lowest BCUT2D eigenvalue weighted by Gasteiger charge is -2.07. The largest absolute Gasteiger partial charge is 0.484 e. The summed E-state index contributed by atoms with van der Waals surface area (Å²) in [4.78, 5) is 16.2. The van der Waals surface area contributed by atoms with Crippen LogP contribution in [0, 0.1) is 6.92 Å². The molecule has 0 aliphatic heterocycles. The standard InChI is InChI=1S/C16H16ClN5O2S2/c1-10-8-25-15(18-10)19-14(23)9-26-16-21-20-13(22(16)2)7-24-12-6-4-3-5-11(12)17/h3-6,8H,7,9H2,1-2H3,(H,18,19,23). The van der Waals surface area contributed by atoms with E-state index in [9.17, 15) is 4.79 Å². The minimum atomic E-state index is -0.138. The summed E-state index contributed by atoms with van der Waals surface area (Å²) in [5.41, 5.74) is 0.884. The topological polar surface area (TPSA) is 81.9 Å². The first-order valence-electron chi connectivity index (χ1n) is 7.63. The number of rotatable bonds is 7. The highest BCUT2D eigenvalue weighted by Crippen LogP contribution is 2.24.